The molecule has 13 heteroatoms. The van der Waals surface area contributed by atoms with E-state index in [4.69, 9.17) is 51.1 Å². The minimum atomic E-state index is -1.82. The van der Waals surface area contributed by atoms with Gasteiger partial charge in [0.1, 0.15) is 11.6 Å². The van der Waals surface area contributed by atoms with E-state index in [0.29, 0.717) is 0 Å². The van der Waals surface area contributed by atoms with Gasteiger partial charge in [0.25, 0.3) is 0 Å². The first-order valence-electron chi connectivity index (χ1n) is 5.14. The molecule has 0 spiro atoms. The molecule has 0 saturated heterocycles. The van der Waals surface area contributed by atoms with E-state index in [1.165, 1.54) is 13.8 Å². The average Bonchev–Trinajstić information content (AvgIpc) is 2.40. The number of carboxylic acids is 4. The molecule has 0 fully saturated rings. The maximum Gasteiger partial charge on any atom is 0.414 e. The second-order valence-electron chi connectivity index (χ2n) is 3.03. The number of hydrogen-bond acceptors (Lipinski definition) is 8. The van der Waals surface area contributed by atoms with Gasteiger partial charge in [-0.15, -0.1) is 0 Å². The fourth-order valence-electron chi connectivity index (χ4n) is 0. The Kier molecular flexibility index (Phi) is 31.1. The molecule has 1 radical (unpaired) electrons. The second kappa shape index (κ2) is 21.9. The molecule has 0 aliphatic carbocycles. The average molecular weight is 390 g/mol. The van der Waals surface area contributed by atoms with Crippen LogP contribution in [0.3, 0.4) is 0 Å². The first-order chi connectivity index (χ1) is 9.83. The van der Waals surface area contributed by atoms with Gasteiger partial charge in [0, 0.05) is 17.1 Å². The van der Waals surface area contributed by atoms with E-state index < -0.39 is 23.9 Å². The van der Waals surface area contributed by atoms with Crippen molar-refractivity contribution in [3.63, 3.8) is 0 Å². The molecule has 0 aliphatic rings. The number of carbonyl (C=O) groups excluding carboxylic acids is 2. The van der Waals surface area contributed by atoms with Crippen molar-refractivity contribution >= 4 is 35.4 Å². The van der Waals surface area contributed by atoms with Gasteiger partial charge in [0.2, 0.25) is 0 Å². The molecule has 23 heavy (non-hydrogen) atoms. The zero-order valence-electron chi connectivity index (χ0n) is 12.1. The van der Waals surface area contributed by atoms with Crippen molar-refractivity contribution in [2.45, 2.75) is 13.8 Å². The van der Waals surface area contributed by atoms with Gasteiger partial charge >= 0.3 is 23.9 Å². The zero-order valence-corrected chi connectivity index (χ0v) is 13.1. The SMILES string of the molecule is CC(=O)CN.CC(=O)CN.O=C(O)C(=O)O.O=C(O)C(=O)O.[Cu]. The van der Waals surface area contributed by atoms with Crippen molar-refractivity contribution in [1.29, 1.82) is 0 Å². The second-order valence-corrected chi connectivity index (χ2v) is 3.03. The Morgan fingerprint density at radius 2 is 0.696 bits per heavy atom. The molecule has 139 valence electrons. The van der Waals surface area contributed by atoms with Gasteiger partial charge in [0.15, 0.2) is 0 Å². The van der Waals surface area contributed by atoms with E-state index >= 15 is 0 Å². The Bertz CT molecular complexity index is 348. The summed E-state index contributed by atoms with van der Waals surface area (Å²) in [6.45, 7) is 3.25. The van der Waals surface area contributed by atoms with Gasteiger partial charge in [-0.25, -0.2) is 19.2 Å². The Morgan fingerprint density at radius 3 is 0.696 bits per heavy atom. The van der Waals surface area contributed by atoms with Crippen LogP contribution in [0, 0.1) is 0 Å². The molecule has 0 saturated carbocycles. The van der Waals surface area contributed by atoms with Crippen LogP contribution >= 0.6 is 0 Å². The quantitative estimate of drug-likeness (QED) is 0.210. The number of aliphatic carboxylic acids is 4. The number of nitrogens with two attached hydrogens (primary N) is 2. The van der Waals surface area contributed by atoms with Gasteiger partial charge in [-0.2, -0.15) is 0 Å². The number of Topliss-reactive ketones (excluding diaryl/α,β-unsaturated/α-hetero) is 2. The van der Waals surface area contributed by atoms with Crippen LogP contribution in [0.4, 0.5) is 0 Å². The Balaban J connectivity index is -0.0000000620. The smallest absolute Gasteiger partial charge is 0.414 e. The van der Waals surface area contributed by atoms with Crippen molar-refractivity contribution in [3.8, 4) is 0 Å². The molecule has 0 amide bonds. The van der Waals surface area contributed by atoms with E-state index in [-0.39, 0.29) is 41.7 Å². The molecular weight excluding hydrogens is 372 g/mol. The van der Waals surface area contributed by atoms with E-state index in [0.717, 1.165) is 0 Å². The van der Waals surface area contributed by atoms with E-state index in [9.17, 15) is 9.59 Å². The standard InChI is InChI=1S/2C3H7NO.2C2H2O4.Cu/c2*1-3(5)2-4;2*3-1(4)2(5)6;/h2*2,4H2,1H3;2*(H,3,4)(H,5,6);. The van der Waals surface area contributed by atoms with Crippen LogP contribution in [-0.4, -0.2) is 69.0 Å². The van der Waals surface area contributed by atoms with Crippen molar-refractivity contribution in [2.24, 2.45) is 11.5 Å². The summed E-state index contributed by atoms with van der Waals surface area (Å²) >= 11 is 0. The molecule has 0 aromatic rings. The third-order valence-corrected chi connectivity index (χ3v) is 0.941. The maximum atomic E-state index is 9.69. The summed E-state index contributed by atoms with van der Waals surface area (Å²) in [6, 6.07) is 0. The maximum absolute atomic E-state index is 9.69. The minimum absolute atomic E-state index is 0. The largest absolute Gasteiger partial charge is 0.473 e. The van der Waals surface area contributed by atoms with Gasteiger partial charge in [-0.05, 0) is 13.8 Å². The van der Waals surface area contributed by atoms with Crippen LogP contribution in [0.5, 0.6) is 0 Å². The predicted octanol–water partition coefficient (Wildman–Crippen LogP) is -2.62. The predicted molar refractivity (Wildman–Crippen MR) is 70.0 cm³/mol. The zero-order chi connectivity index (χ0) is 18.9. The fraction of sp³-hybridized carbons (Fsp3) is 0.400. The summed E-state index contributed by atoms with van der Waals surface area (Å²) in [5.41, 5.74) is 9.64. The third kappa shape index (κ3) is 65.7. The number of rotatable bonds is 2. The van der Waals surface area contributed by atoms with Crippen LogP contribution in [0.2, 0.25) is 0 Å². The summed E-state index contributed by atoms with van der Waals surface area (Å²) in [5.74, 6) is -7.23. The third-order valence-electron chi connectivity index (χ3n) is 0.941. The van der Waals surface area contributed by atoms with Crippen LogP contribution in [0.1, 0.15) is 13.8 Å². The molecule has 0 rings (SSSR count). The molecule has 8 N–H and O–H groups in total. The fourth-order valence-corrected chi connectivity index (χ4v) is 0. The van der Waals surface area contributed by atoms with Crippen LogP contribution in [0.25, 0.3) is 0 Å². The molecule has 0 aromatic carbocycles. The van der Waals surface area contributed by atoms with E-state index in [1.807, 2.05) is 0 Å². The number of carboxylic acid groups (broad SMARTS) is 4. The topological polar surface area (TPSA) is 235 Å². The molecule has 0 bridgehead atoms. The number of ketones is 2. The van der Waals surface area contributed by atoms with E-state index in [1.54, 1.807) is 0 Å². The molecule has 0 unspecified atom stereocenters. The molecule has 0 heterocycles. The van der Waals surface area contributed by atoms with Gasteiger partial charge in [-0.3, -0.25) is 9.59 Å². The monoisotopic (exact) mass is 389 g/mol. The summed E-state index contributed by atoms with van der Waals surface area (Å²) < 4.78 is 0. The number of hydrogen-bond donors (Lipinski definition) is 6. The van der Waals surface area contributed by atoms with Crippen molar-refractivity contribution in [1.82, 2.24) is 0 Å². The Labute approximate surface area is 140 Å². The summed E-state index contributed by atoms with van der Waals surface area (Å²) in [4.78, 5) is 55.8. The molecule has 0 aromatic heterocycles. The normalized spacial score (nSPS) is 7.13. The summed E-state index contributed by atoms with van der Waals surface area (Å²) in [6.07, 6.45) is 0. The van der Waals surface area contributed by atoms with Crippen LogP contribution < -0.4 is 11.5 Å². The summed E-state index contributed by atoms with van der Waals surface area (Å²) in [7, 11) is 0. The summed E-state index contributed by atoms with van der Waals surface area (Å²) in [5, 5.41) is 29.6. The van der Waals surface area contributed by atoms with E-state index in [2.05, 4.69) is 0 Å². The first-order valence-corrected chi connectivity index (χ1v) is 5.14. The van der Waals surface area contributed by atoms with Crippen molar-refractivity contribution < 1.29 is 66.3 Å². The van der Waals surface area contributed by atoms with Crippen molar-refractivity contribution in [3.05, 3.63) is 0 Å². The number of carbonyl (C=O) groups is 6. The molecule has 0 atom stereocenters. The molecular formula is C10H18CuN2O10. The van der Waals surface area contributed by atoms with Crippen LogP contribution in [0.15, 0.2) is 0 Å². The molecule has 12 nitrogen and oxygen atoms in total. The van der Waals surface area contributed by atoms with Gasteiger partial charge in [-0.1, -0.05) is 0 Å². The Hall–Kier alpha value is -2.34. The first kappa shape index (κ1) is 32.6. The van der Waals surface area contributed by atoms with Gasteiger partial charge in [0.05, 0.1) is 13.1 Å². The molecule has 0 aliphatic heterocycles. The van der Waals surface area contributed by atoms with Gasteiger partial charge < -0.3 is 31.9 Å². The minimum Gasteiger partial charge on any atom is -0.473 e. The Morgan fingerprint density at radius 1 is 0.609 bits per heavy atom. The van der Waals surface area contributed by atoms with Crippen LogP contribution in [-0.2, 0) is 45.8 Å². The van der Waals surface area contributed by atoms with Crippen molar-refractivity contribution in [2.75, 3.05) is 13.1 Å².